The molecular formula is C20H23N7O2S. The van der Waals surface area contributed by atoms with Crippen LogP contribution in [0.25, 0.3) is 33.5 Å². The number of rotatable bonds is 5. The number of nitrogens with zero attached hydrogens (tertiary/aromatic N) is 5. The predicted octanol–water partition coefficient (Wildman–Crippen LogP) is 2.54. The molecule has 30 heavy (non-hydrogen) atoms. The first-order valence-corrected chi connectivity index (χ1v) is 11.6. The second-order valence-corrected chi connectivity index (χ2v) is 9.68. The van der Waals surface area contributed by atoms with Crippen LogP contribution in [0.3, 0.4) is 0 Å². The summed E-state index contributed by atoms with van der Waals surface area (Å²) >= 11 is 0. The molecule has 1 saturated heterocycles. The van der Waals surface area contributed by atoms with E-state index >= 15 is 0 Å². The summed E-state index contributed by atoms with van der Waals surface area (Å²) in [6.07, 6.45) is 6.53. The Bertz CT molecular complexity index is 1340. The van der Waals surface area contributed by atoms with Gasteiger partial charge in [0.2, 0.25) is 10.0 Å². The van der Waals surface area contributed by atoms with E-state index in [4.69, 9.17) is 10.7 Å². The van der Waals surface area contributed by atoms with Crippen molar-refractivity contribution in [2.75, 3.05) is 24.6 Å². The average Bonchev–Trinajstić information content (AvgIpc) is 3.45. The van der Waals surface area contributed by atoms with Gasteiger partial charge in [0.25, 0.3) is 0 Å². The van der Waals surface area contributed by atoms with Crippen molar-refractivity contribution in [1.29, 1.82) is 0 Å². The average molecular weight is 426 g/mol. The van der Waals surface area contributed by atoms with Crippen LogP contribution in [0.5, 0.6) is 0 Å². The number of hydrogen-bond donors (Lipinski definition) is 2. The summed E-state index contributed by atoms with van der Waals surface area (Å²) in [6.45, 7) is 2.79. The maximum Gasteiger partial charge on any atom is 0.214 e. The quantitative estimate of drug-likeness (QED) is 0.507. The van der Waals surface area contributed by atoms with Crippen LogP contribution in [0.4, 0.5) is 5.82 Å². The molecule has 0 bridgehead atoms. The van der Waals surface area contributed by atoms with E-state index in [2.05, 4.69) is 19.5 Å². The van der Waals surface area contributed by atoms with Gasteiger partial charge in [-0.05, 0) is 31.0 Å². The Hall–Kier alpha value is -2.98. The summed E-state index contributed by atoms with van der Waals surface area (Å²) in [4.78, 5) is 16.7. The maximum absolute atomic E-state index is 12.6. The van der Waals surface area contributed by atoms with Crippen molar-refractivity contribution in [2.24, 2.45) is 0 Å². The molecule has 10 heteroatoms. The molecule has 4 aromatic rings. The Morgan fingerprint density at radius 3 is 2.97 bits per heavy atom. The number of aromatic nitrogens is 5. The molecule has 0 spiro atoms. The second kappa shape index (κ2) is 7.06. The van der Waals surface area contributed by atoms with Gasteiger partial charge in [-0.25, -0.2) is 23.4 Å². The lowest BCUT2D eigenvalue weighted by Gasteiger charge is -2.19. The number of nitrogens with two attached hydrogens (primary N) is 1. The van der Waals surface area contributed by atoms with Crippen molar-refractivity contribution in [3.63, 3.8) is 0 Å². The second-order valence-electron chi connectivity index (χ2n) is 7.59. The molecule has 1 fully saturated rings. The third-order valence-corrected chi connectivity index (χ3v) is 7.70. The molecule has 1 unspecified atom stereocenters. The van der Waals surface area contributed by atoms with Crippen LogP contribution in [0.2, 0.25) is 0 Å². The highest BCUT2D eigenvalue weighted by atomic mass is 32.2. The van der Waals surface area contributed by atoms with Crippen LogP contribution >= 0.6 is 0 Å². The lowest BCUT2D eigenvalue weighted by atomic mass is 10.2. The standard InChI is InChI=1S/C20H23N7O2S/c1-2-10-30(28,29)26-9-6-13(12-26)27-17-14-5-8-23-19(14)24-11-16(17)25-20(27)15-4-3-7-22-18(15)21/h3-5,7-8,11,13H,2,6,9-10,12H2,1H3,(H2,21,22)(H,23,24). The van der Waals surface area contributed by atoms with Gasteiger partial charge in [0.1, 0.15) is 22.8 Å². The number of sulfonamides is 1. The fourth-order valence-corrected chi connectivity index (χ4v) is 5.86. The van der Waals surface area contributed by atoms with Crippen molar-refractivity contribution in [3.05, 3.63) is 36.8 Å². The van der Waals surface area contributed by atoms with E-state index in [1.807, 2.05) is 31.3 Å². The third kappa shape index (κ3) is 2.94. The minimum Gasteiger partial charge on any atom is -0.383 e. The molecule has 0 amide bonds. The Morgan fingerprint density at radius 2 is 2.17 bits per heavy atom. The molecule has 0 radical (unpaired) electrons. The molecule has 3 N–H and O–H groups in total. The van der Waals surface area contributed by atoms with E-state index in [1.165, 1.54) is 0 Å². The first-order chi connectivity index (χ1) is 14.5. The van der Waals surface area contributed by atoms with Crippen LogP contribution in [-0.4, -0.2) is 56.1 Å². The molecule has 0 aliphatic carbocycles. The van der Waals surface area contributed by atoms with E-state index < -0.39 is 10.0 Å². The molecule has 5 rings (SSSR count). The Labute approximate surface area is 174 Å². The summed E-state index contributed by atoms with van der Waals surface area (Å²) in [5, 5.41) is 0.948. The zero-order valence-corrected chi connectivity index (χ0v) is 17.4. The largest absolute Gasteiger partial charge is 0.383 e. The van der Waals surface area contributed by atoms with Crippen molar-refractivity contribution in [3.8, 4) is 11.4 Å². The van der Waals surface area contributed by atoms with Crippen molar-refractivity contribution in [1.82, 2.24) is 28.8 Å². The highest BCUT2D eigenvalue weighted by molar-refractivity contribution is 7.89. The zero-order chi connectivity index (χ0) is 20.9. The number of imidazole rings is 1. The highest BCUT2D eigenvalue weighted by Crippen LogP contribution is 2.37. The van der Waals surface area contributed by atoms with Crippen LogP contribution < -0.4 is 5.73 Å². The molecule has 5 heterocycles. The molecule has 1 aliphatic rings. The van der Waals surface area contributed by atoms with E-state index in [0.717, 1.165) is 27.6 Å². The SMILES string of the molecule is CCCS(=O)(=O)N1CCC(n2c(-c3cccnc3N)nc3cnc4[nH]ccc4c32)C1. The zero-order valence-electron chi connectivity index (χ0n) is 16.6. The van der Waals surface area contributed by atoms with Gasteiger partial charge < -0.3 is 15.3 Å². The summed E-state index contributed by atoms with van der Waals surface area (Å²) in [5.74, 6) is 1.24. The van der Waals surface area contributed by atoms with Gasteiger partial charge in [-0.3, -0.25) is 0 Å². The van der Waals surface area contributed by atoms with Gasteiger partial charge in [-0.15, -0.1) is 0 Å². The summed E-state index contributed by atoms with van der Waals surface area (Å²) < 4.78 is 29.0. The first kappa shape index (κ1) is 19.0. The van der Waals surface area contributed by atoms with Crippen molar-refractivity contribution < 1.29 is 8.42 Å². The molecular weight excluding hydrogens is 402 g/mol. The lowest BCUT2D eigenvalue weighted by Crippen LogP contribution is -2.31. The number of H-pyrrole nitrogens is 1. The predicted molar refractivity (Wildman–Crippen MR) is 116 cm³/mol. The maximum atomic E-state index is 12.6. The number of nitrogen functional groups attached to an aromatic ring is 1. The highest BCUT2D eigenvalue weighted by Gasteiger charge is 2.34. The van der Waals surface area contributed by atoms with E-state index in [1.54, 1.807) is 16.7 Å². The number of fused-ring (bicyclic) bond motifs is 3. The molecule has 1 atom stereocenters. The van der Waals surface area contributed by atoms with Crippen molar-refractivity contribution in [2.45, 2.75) is 25.8 Å². The molecule has 0 saturated carbocycles. The van der Waals surface area contributed by atoms with Crippen LogP contribution in [-0.2, 0) is 10.0 Å². The van der Waals surface area contributed by atoms with Gasteiger partial charge in [0, 0.05) is 30.9 Å². The molecule has 0 aromatic carbocycles. The summed E-state index contributed by atoms with van der Waals surface area (Å²) in [7, 11) is -3.26. The van der Waals surface area contributed by atoms with Gasteiger partial charge in [-0.2, -0.15) is 4.31 Å². The van der Waals surface area contributed by atoms with Gasteiger partial charge >= 0.3 is 0 Å². The number of anilines is 1. The number of nitrogens with one attached hydrogen (secondary N) is 1. The Balaban J connectivity index is 1.71. The lowest BCUT2D eigenvalue weighted by molar-refractivity contribution is 0.455. The molecule has 156 valence electrons. The fourth-order valence-electron chi connectivity index (χ4n) is 4.31. The van der Waals surface area contributed by atoms with E-state index in [-0.39, 0.29) is 11.8 Å². The molecule has 4 aromatic heterocycles. The molecule has 9 nitrogen and oxygen atoms in total. The Morgan fingerprint density at radius 1 is 1.30 bits per heavy atom. The normalized spacial score (nSPS) is 18.0. The van der Waals surface area contributed by atoms with E-state index in [9.17, 15) is 8.42 Å². The minimum absolute atomic E-state index is 0.0586. The third-order valence-electron chi connectivity index (χ3n) is 5.66. The Kier molecular flexibility index (Phi) is 4.48. The summed E-state index contributed by atoms with van der Waals surface area (Å²) in [6, 6.07) is 5.63. The fraction of sp³-hybridized carbons (Fsp3) is 0.350. The smallest absolute Gasteiger partial charge is 0.214 e. The number of hydrogen-bond acceptors (Lipinski definition) is 6. The topological polar surface area (TPSA) is 123 Å². The van der Waals surface area contributed by atoms with Crippen molar-refractivity contribution >= 4 is 37.9 Å². The van der Waals surface area contributed by atoms with Crippen LogP contribution in [0.15, 0.2) is 36.8 Å². The monoisotopic (exact) mass is 425 g/mol. The van der Waals surface area contributed by atoms with Crippen LogP contribution in [0, 0.1) is 0 Å². The molecule has 1 aliphatic heterocycles. The number of aromatic amines is 1. The minimum atomic E-state index is -3.26. The van der Waals surface area contributed by atoms with Gasteiger partial charge in [-0.1, -0.05) is 6.92 Å². The first-order valence-electron chi connectivity index (χ1n) is 10.0. The van der Waals surface area contributed by atoms with E-state index in [0.29, 0.717) is 37.6 Å². The van der Waals surface area contributed by atoms with Crippen LogP contribution in [0.1, 0.15) is 25.8 Å². The van der Waals surface area contributed by atoms with Gasteiger partial charge in [0.05, 0.1) is 29.1 Å². The number of pyridine rings is 2. The van der Waals surface area contributed by atoms with Gasteiger partial charge in [0.15, 0.2) is 0 Å². The summed E-state index contributed by atoms with van der Waals surface area (Å²) in [5.41, 5.74) is 9.35.